The quantitative estimate of drug-likeness (QED) is 0.112. The molecule has 10 nitrogen and oxygen atoms in total. The highest BCUT2D eigenvalue weighted by atomic mass is 15.0. The monoisotopic (exact) mass is 1570 g/mol. The fourth-order valence-corrected chi connectivity index (χ4v) is 18.8. The first-order valence-corrected chi connectivity index (χ1v) is 40.9. The number of nitriles is 5. The summed E-state index contributed by atoms with van der Waals surface area (Å²) in [5, 5.41) is 63.1. The van der Waals surface area contributed by atoms with E-state index in [1.54, 1.807) is 0 Å². The van der Waals surface area contributed by atoms with Crippen LogP contribution in [0.3, 0.4) is 0 Å². The molecule has 0 N–H and O–H groups in total. The Balaban J connectivity index is 0.000000152. The summed E-state index contributed by atoms with van der Waals surface area (Å²) in [7, 11) is 0. The van der Waals surface area contributed by atoms with Crippen molar-refractivity contribution in [2.75, 3.05) is 0 Å². The average molecular weight is 1580 g/mol. The highest BCUT2D eigenvalue weighted by molar-refractivity contribution is 6.29. The molecule has 572 valence electrons. The van der Waals surface area contributed by atoms with Crippen LogP contribution in [0.4, 0.5) is 5.69 Å². The van der Waals surface area contributed by atoms with Gasteiger partial charge in [0.15, 0.2) is 5.69 Å². The Morgan fingerprint density at radius 1 is 0.210 bits per heavy atom. The normalized spacial score (nSPS) is 11.2. The third kappa shape index (κ3) is 12.0. The van der Waals surface area contributed by atoms with Crippen LogP contribution in [-0.2, 0) is 0 Å². The maximum atomic E-state index is 11.2. The van der Waals surface area contributed by atoms with E-state index in [4.69, 9.17) is 6.57 Å². The van der Waals surface area contributed by atoms with Crippen molar-refractivity contribution in [1.29, 1.82) is 26.3 Å². The lowest BCUT2D eigenvalue weighted by molar-refractivity contribution is 1.15. The van der Waals surface area contributed by atoms with Crippen molar-refractivity contribution in [3.8, 4) is 142 Å². The SMILES string of the molecule is N#Cc1cc(-c2cc(-c3ccccc3)c(C#N)c(-c3ccccc3)c2C#N)ccc1-c1cc2c3ccccc3n(-c3ccccc3)c2c2c1c1ccccc1n2-c1ccccc1.[C-]#[N+]c1cc(-c2cc(-c3ccccc3)c(C#N)c(-c3ccccc3)c2C#N)ccc1-c1cccc2c3cc4c(cc3n(-c3ccccc3)c12)c1ccccc1n4-c1ccccc1. The van der Waals surface area contributed by atoms with Gasteiger partial charge in [-0.15, -0.1) is 0 Å². The van der Waals surface area contributed by atoms with Gasteiger partial charge in [-0.25, -0.2) is 4.85 Å². The summed E-state index contributed by atoms with van der Waals surface area (Å²) in [6, 6.07) is 148. The molecule has 0 fully saturated rings. The molecule has 0 bridgehead atoms. The van der Waals surface area contributed by atoms with Gasteiger partial charge >= 0.3 is 0 Å². The Labute approximate surface area is 714 Å². The molecule has 0 atom stereocenters. The van der Waals surface area contributed by atoms with Crippen LogP contribution in [-0.4, -0.2) is 18.3 Å². The van der Waals surface area contributed by atoms with Gasteiger partial charge in [-0.2, -0.15) is 26.3 Å². The van der Waals surface area contributed by atoms with Crippen LogP contribution in [0, 0.1) is 63.2 Å². The Morgan fingerprint density at radius 3 is 1.03 bits per heavy atom. The number of benzene rings is 18. The first-order chi connectivity index (χ1) is 61.3. The first kappa shape index (κ1) is 73.7. The molecule has 0 aliphatic heterocycles. The lowest BCUT2D eigenvalue weighted by atomic mass is 9.83. The molecule has 10 heteroatoms. The molecule has 0 radical (unpaired) electrons. The van der Waals surface area contributed by atoms with Crippen molar-refractivity contribution in [2.45, 2.75) is 0 Å². The van der Waals surface area contributed by atoms with Crippen LogP contribution in [0.2, 0.25) is 0 Å². The van der Waals surface area contributed by atoms with Crippen LogP contribution < -0.4 is 0 Å². The highest BCUT2D eigenvalue weighted by Crippen LogP contribution is 2.51. The van der Waals surface area contributed by atoms with Gasteiger partial charge < -0.3 is 18.3 Å². The van der Waals surface area contributed by atoms with E-state index < -0.39 is 0 Å². The van der Waals surface area contributed by atoms with Crippen molar-refractivity contribution < 1.29 is 0 Å². The van der Waals surface area contributed by atoms with Crippen LogP contribution in [0.25, 0.3) is 204 Å². The minimum atomic E-state index is 0.382. The summed E-state index contributed by atoms with van der Waals surface area (Å²) in [5.41, 5.74) is 27.5. The van der Waals surface area contributed by atoms with Gasteiger partial charge in [0, 0.05) is 99.2 Å². The van der Waals surface area contributed by atoms with Gasteiger partial charge in [0.25, 0.3) is 0 Å². The maximum Gasteiger partial charge on any atom is 0.195 e. The van der Waals surface area contributed by atoms with Gasteiger partial charge in [-0.3, -0.25) is 0 Å². The molecule has 0 saturated heterocycles. The summed E-state index contributed by atoms with van der Waals surface area (Å²) < 4.78 is 9.41. The van der Waals surface area contributed by atoms with E-state index in [0.717, 1.165) is 166 Å². The Bertz CT molecular complexity index is 8370. The third-order valence-electron chi connectivity index (χ3n) is 24.1. The largest absolute Gasteiger partial charge is 0.309 e. The van der Waals surface area contributed by atoms with Crippen molar-refractivity contribution in [3.63, 3.8) is 0 Å². The molecule has 0 aliphatic carbocycles. The number of rotatable bonds is 12. The van der Waals surface area contributed by atoms with Crippen molar-refractivity contribution >= 4 is 92.9 Å². The second kappa shape index (κ2) is 30.9. The molecule has 22 aromatic rings. The van der Waals surface area contributed by atoms with Crippen molar-refractivity contribution in [2.24, 2.45) is 0 Å². The molecule has 4 heterocycles. The fraction of sp³-hybridized carbons (Fsp3) is 0. The summed E-state index contributed by atoms with van der Waals surface area (Å²) in [6.07, 6.45) is 0. The summed E-state index contributed by atoms with van der Waals surface area (Å²) >= 11 is 0. The first-order valence-electron chi connectivity index (χ1n) is 40.9. The number of fused-ring (bicyclic) bond motifs is 13. The lowest BCUT2D eigenvalue weighted by Gasteiger charge is -2.18. The summed E-state index contributed by atoms with van der Waals surface area (Å²) in [6.45, 7) is 8.61. The molecule has 0 aliphatic rings. The molecular weight excluding hydrogens is 1510 g/mol. The Hall–Kier alpha value is -17.9. The second-order valence-electron chi connectivity index (χ2n) is 30.7. The van der Waals surface area contributed by atoms with Crippen molar-refractivity contribution in [3.05, 3.63) is 440 Å². The molecule has 124 heavy (non-hydrogen) atoms. The molecular formula is C114H66N10. The van der Waals surface area contributed by atoms with Gasteiger partial charge in [0.05, 0.1) is 84.6 Å². The van der Waals surface area contributed by atoms with E-state index in [-0.39, 0.29) is 0 Å². The van der Waals surface area contributed by atoms with Gasteiger partial charge in [0.2, 0.25) is 0 Å². The van der Waals surface area contributed by atoms with E-state index in [0.29, 0.717) is 61.3 Å². The standard InChI is InChI=1S/2C57H33N5/c1-60-52-31-39(47-32-46(37-17-6-2-7-18-37)50(35-58)56(51(47)36-59)38-19-8-3-9-20-38)29-30-42(52)44-26-16-27-45-49-34-54-48(33-55(49)62(57(44)45)41-23-12-5-13-24-41)43-25-14-15-28-53(43)61(54)40-21-10-4-11-22-40;58-34-40-31-39(47-32-46(37-17-5-1-6-18-37)50(35-59)54(51(47)36-60)38-19-7-2-8-20-38)29-30-43(40)48-33-49-44-25-13-15-27-52(44)61(41-21-9-3-10-22-41)56(49)57-55(48)45-26-14-16-28-53(45)62(57)42-23-11-4-12-24-42/h2-34H;1-33H. The minimum absolute atomic E-state index is 0.382. The fourth-order valence-electron chi connectivity index (χ4n) is 18.8. The third-order valence-corrected chi connectivity index (χ3v) is 24.1. The zero-order valence-corrected chi connectivity index (χ0v) is 66.6. The van der Waals surface area contributed by atoms with Crippen molar-refractivity contribution in [1.82, 2.24) is 18.3 Å². The molecule has 4 aromatic heterocycles. The van der Waals surface area contributed by atoms with E-state index in [1.165, 1.54) is 5.39 Å². The predicted octanol–water partition coefficient (Wildman–Crippen LogP) is 29.0. The van der Waals surface area contributed by atoms with Crippen LogP contribution in [0.1, 0.15) is 27.8 Å². The smallest absolute Gasteiger partial charge is 0.195 e. The molecule has 22 rings (SSSR count). The number of aromatic nitrogens is 4. The highest BCUT2D eigenvalue weighted by Gasteiger charge is 2.30. The van der Waals surface area contributed by atoms with Gasteiger partial charge in [-0.05, 0) is 165 Å². The number of para-hydroxylation sites is 8. The van der Waals surface area contributed by atoms with E-state index in [9.17, 15) is 26.3 Å². The molecule has 0 spiro atoms. The van der Waals surface area contributed by atoms with Gasteiger partial charge in [-0.1, -0.05) is 291 Å². The Morgan fingerprint density at radius 2 is 0.565 bits per heavy atom. The van der Waals surface area contributed by atoms with E-state index >= 15 is 0 Å². The van der Waals surface area contributed by atoms with E-state index in [1.807, 2.05) is 194 Å². The average Bonchev–Trinajstić information content (AvgIpc) is 1.53. The molecule has 18 aromatic carbocycles. The lowest BCUT2D eigenvalue weighted by Crippen LogP contribution is -1.99. The van der Waals surface area contributed by atoms with E-state index in [2.05, 4.69) is 260 Å². The van der Waals surface area contributed by atoms with Crippen LogP contribution in [0.5, 0.6) is 0 Å². The maximum absolute atomic E-state index is 11.2. The molecule has 0 saturated carbocycles. The Kier molecular flexibility index (Phi) is 18.3. The van der Waals surface area contributed by atoms with Crippen LogP contribution >= 0.6 is 0 Å². The molecule has 0 unspecified atom stereocenters. The van der Waals surface area contributed by atoms with Crippen LogP contribution in [0.15, 0.2) is 400 Å². The second-order valence-corrected chi connectivity index (χ2v) is 30.7. The zero-order valence-electron chi connectivity index (χ0n) is 66.6. The van der Waals surface area contributed by atoms with Gasteiger partial charge in [0.1, 0.15) is 24.3 Å². The number of nitrogens with zero attached hydrogens (tertiary/aromatic N) is 10. The summed E-state index contributed by atoms with van der Waals surface area (Å²) in [5.74, 6) is 0. The number of hydrogen-bond donors (Lipinski definition) is 0. The molecule has 0 amide bonds. The topological polar surface area (TPSA) is 143 Å². The predicted molar refractivity (Wildman–Crippen MR) is 504 cm³/mol. The summed E-state index contributed by atoms with van der Waals surface area (Å²) in [4.78, 5) is 4.16. The zero-order chi connectivity index (χ0) is 83.5. The number of hydrogen-bond acceptors (Lipinski definition) is 5. The minimum Gasteiger partial charge on any atom is -0.309 e.